The molecule has 4 nitrogen and oxygen atoms in total. The van der Waals surface area contributed by atoms with Crippen LogP contribution in [-0.4, -0.2) is 20.5 Å². The molecule has 0 bridgehead atoms. The Morgan fingerprint density at radius 3 is 2.41 bits per heavy atom. The van der Waals surface area contributed by atoms with Gasteiger partial charge in [-0.25, -0.2) is 0 Å². The molecule has 27 heavy (non-hydrogen) atoms. The average Bonchev–Trinajstić information content (AvgIpc) is 2.95. The van der Waals surface area contributed by atoms with E-state index in [1.807, 2.05) is 49.7 Å². The molecule has 0 amide bonds. The SMILES string of the molecule is CC(=O)c1c(C)cc(C)c(CSc2nnc(-c3ccc(Cl)cc3)n2C)c1C. The molecule has 0 unspecified atom stereocenters. The second-order valence-electron chi connectivity index (χ2n) is 6.71. The maximum atomic E-state index is 12.0. The summed E-state index contributed by atoms with van der Waals surface area (Å²) in [6.45, 7) is 7.75. The Kier molecular flexibility index (Phi) is 5.72. The van der Waals surface area contributed by atoms with E-state index < -0.39 is 0 Å². The molecule has 0 radical (unpaired) electrons. The smallest absolute Gasteiger partial charge is 0.191 e. The first-order valence-corrected chi connectivity index (χ1v) is 10.0. The number of aryl methyl sites for hydroxylation is 2. The van der Waals surface area contributed by atoms with Gasteiger partial charge in [-0.1, -0.05) is 29.4 Å². The largest absolute Gasteiger partial charge is 0.305 e. The molecule has 3 aromatic rings. The summed E-state index contributed by atoms with van der Waals surface area (Å²) in [7, 11) is 1.96. The van der Waals surface area contributed by atoms with Crippen LogP contribution in [-0.2, 0) is 12.8 Å². The van der Waals surface area contributed by atoms with E-state index in [0.29, 0.717) is 5.02 Å². The summed E-state index contributed by atoms with van der Waals surface area (Å²) in [5.41, 5.74) is 6.29. The highest BCUT2D eigenvalue weighted by atomic mass is 35.5. The minimum atomic E-state index is 0.111. The van der Waals surface area contributed by atoms with Gasteiger partial charge in [-0.15, -0.1) is 10.2 Å². The van der Waals surface area contributed by atoms with Crippen molar-refractivity contribution in [2.45, 2.75) is 38.6 Å². The van der Waals surface area contributed by atoms with Gasteiger partial charge in [0.1, 0.15) is 0 Å². The summed E-state index contributed by atoms with van der Waals surface area (Å²) < 4.78 is 1.98. The first kappa shape index (κ1) is 19.6. The fourth-order valence-electron chi connectivity index (χ4n) is 3.42. The normalized spacial score (nSPS) is 11.0. The Balaban J connectivity index is 1.87. The number of aromatic nitrogens is 3. The molecule has 0 atom stereocenters. The lowest BCUT2D eigenvalue weighted by atomic mass is 9.92. The van der Waals surface area contributed by atoms with Crippen LogP contribution in [0.3, 0.4) is 0 Å². The molecule has 0 N–H and O–H groups in total. The number of nitrogens with zero attached hydrogens (tertiary/aromatic N) is 3. The van der Waals surface area contributed by atoms with Crippen LogP contribution >= 0.6 is 23.4 Å². The van der Waals surface area contributed by atoms with Gasteiger partial charge < -0.3 is 4.57 Å². The summed E-state index contributed by atoms with van der Waals surface area (Å²) >= 11 is 7.59. The van der Waals surface area contributed by atoms with E-state index in [4.69, 9.17) is 11.6 Å². The van der Waals surface area contributed by atoms with Crippen LogP contribution in [0.25, 0.3) is 11.4 Å². The maximum Gasteiger partial charge on any atom is 0.191 e. The van der Waals surface area contributed by atoms with E-state index in [0.717, 1.165) is 39.0 Å². The monoisotopic (exact) mass is 399 g/mol. The third kappa shape index (κ3) is 3.94. The van der Waals surface area contributed by atoms with Crippen molar-refractivity contribution in [1.29, 1.82) is 0 Å². The molecule has 0 aliphatic carbocycles. The molecule has 6 heteroatoms. The first-order chi connectivity index (χ1) is 12.8. The summed E-state index contributed by atoms with van der Waals surface area (Å²) in [6, 6.07) is 9.67. The molecule has 2 aromatic carbocycles. The van der Waals surface area contributed by atoms with Gasteiger partial charge in [-0.3, -0.25) is 4.79 Å². The highest BCUT2D eigenvalue weighted by Gasteiger charge is 2.16. The van der Waals surface area contributed by atoms with E-state index >= 15 is 0 Å². The van der Waals surface area contributed by atoms with Crippen molar-refractivity contribution < 1.29 is 4.79 Å². The number of benzene rings is 2. The summed E-state index contributed by atoms with van der Waals surface area (Å²) in [5, 5.41) is 10.2. The Hall–Kier alpha value is -2.11. The molecular formula is C21H22ClN3OS. The topological polar surface area (TPSA) is 47.8 Å². The number of Topliss-reactive ketones (excluding diaryl/α,β-unsaturated/α-hetero) is 1. The lowest BCUT2D eigenvalue weighted by Gasteiger charge is -2.15. The average molecular weight is 400 g/mol. The highest BCUT2D eigenvalue weighted by Crippen LogP contribution is 2.30. The van der Waals surface area contributed by atoms with Crippen LogP contribution < -0.4 is 0 Å². The van der Waals surface area contributed by atoms with Gasteiger partial charge in [-0.05, 0) is 74.2 Å². The molecule has 0 saturated carbocycles. The molecule has 0 saturated heterocycles. The number of hydrogen-bond donors (Lipinski definition) is 0. The van der Waals surface area contributed by atoms with Crippen LogP contribution in [0.1, 0.15) is 39.5 Å². The van der Waals surface area contributed by atoms with Crippen LogP contribution in [0.2, 0.25) is 5.02 Å². The predicted octanol–water partition coefficient (Wildman–Crippen LogP) is 5.56. The van der Waals surface area contributed by atoms with Crippen LogP contribution in [0.5, 0.6) is 0 Å². The number of carbonyl (C=O) groups is 1. The third-order valence-electron chi connectivity index (χ3n) is 4.77. The van der Waals surface area contributed by atoms with Crippen molar-refractivity contribution in [1.82, 2.24) is 14.8 Å². The number of carbonyl (C=O) groups excluding carboxylic acids is 1. The Bertz CT molecular complexity index is 1010. The number of rotatable bonds is 5. The Morgan fingerprint density at radius 2 is 1.78 bits per heavy atom. The zero-order chi connectivity index (χ0) is 19.7. The summed E-state index contributed by atoms with van der Waals surface area (Å²) in [4.78, 5) is 12.0. The minimum Gasteiger partial charge on any atom is -0.305 e. The Morgan fingerprint density at radius 1 is 1.11 bits per heavy atom. The van der Waals surface area contributed by atoms with Gasteiger partial charge in [-0.2, -0.15) is 0 Å². The molecule has 1 heterocycles. The fourth-order valence-corrected chi connectivity index (χ4v) is 4.64. The Labute approximate surface area is 169 Å². The van der Waals surface area contributed by atoms with E-state index in [9.17, 15) is 4.79 Å². The second kappa shape index (κ2) is 7.87. The lowest BCUT2D eigenvalue weighted by molar-refractivity contribution is 0.101. The minimum absolute atomic E-state index is 0.111. The van der Waals surface area contributed by atoms with Crippen molar-refractivity contribution in [2.75, 3.05) is 0 Å². The van der Waals surface area contributed by atoms with Crippen molar-refractivity contribution >= 4 is 29.1 Å². The molecule has 0 spiro atoms. The van der Waals surface area contributed by atoms with Crippen molar-refractivity contribution in [3.05, 3.63) is 63.2 Å². The number of thioether (sulfide) groups is 1. The van der Waals surface area contributed by atoms with Gasteiger partial charge >= 0.3 is 0 Å². The molecule has 0 fully saturated rings. The van der Waals surface area contributed by atoms with Crippen LogP contribution in [0, 0.1) is 20.8 Å². The standard InChI is InChI=1S/C21H22ClN3OS/c1-12-10-13(2)19(15(4)26)14(3)18(12)11-27-21-24-23-20(25(21)5)16-6-8-17(22)9-7-16/h6-10H,11H2,1-5H3. The molecule has 1 aromatic heterocycles. The van der Waals surface area contributed by atoms with Crippen LogP contribution in [0.4, 0.5) is 0 Å². The number of halogens is 1. The summed E-state index contributed by atoms with van der Waals surface area (Å²) in [5.74, 6) is 1.65. The second-order valence-corrected chi connectivity index (χ2v) is 8.08. The van der Waals surface area contributed by atoms with E-state index in [2.05, 4.69) is 23.2 Å². The zero-order valence-electron chi connectivity index (χ0n) is 16.1. The van der Waals surface area contributed by atoms with Gasteiger partial charge in [0.25, 0.3) is 0 Å². The molecule has 140 valence electrons. The fraction of sp³-hybridized carbons (Fsp3) is 0.286. The molecule has 3 rings (SSSR count). The maximum absolute atomic E-state index is 12.0. The quantitative estimate of drug-likeness (QED) is 0.416. The molecule has 0 aliphatic rings. The van der Waals surface area contributed by atoms with Crippen molar-refractivity contribution in [2.24, 2.45) is 7.05 Å². The first-order valence-electron chi connectivity index (χ1n) is 8.68. The van der Waals surface area contributed by atoms with E-state index in [-0.39, 0.29) is 5.78 Å². The summed E-state index contributed by atoms with van der Waals surface area (Å²) in [6.07, 6.45) is 0. The number of ketones is 1. The lowest BCUT2D eigenvalue weighted by Crippen LogP contribution is -2.05. The van der Waals surface area contributed by atoms with Gasteiger partial charge in [0.2, 0.25) is 0 Å². The predicted molar refractivity (Wildman–Crippen MR) is 112 cm³/mol. The van der Waals surface area contributed by atoms with E-state index in [1.54, 1.807) is 18.7 Å². The van der Waals surface area contributed by atoms with Gasteiger partial charge in [0.15, 0.2) is 16.8 Å². The molecule has 0 aliphatic heterocycles. The third-order valence-corrected chi connectivity index (χ3v) is 6.06. The highest BCUT2D eigenvalue weighted by molar-refractivity contribution is 7.98. The van der Waals surface area contributed by atoms with Gasteiger partial charge in [0, 0.05) is 29.0 Å². The molecular weight excluding hydrogens is 378 g/mol. The van der Waals surface area contributed by atoms with Crippen molar-refractivity contribution in [3.8, 4) is 11.4 Å². The number of hydrogen-bond acceptors (Lipinski definition) is 4. The van der Waals surface area contributed by atoms with Crippen molar-refractivity contribution in [3.63, 3.8) is 0 Å². The van der Waals surface area contributed by atoms with Crippen LogP contribution in [0.15, 0.2) is 35.5 Å². The zero-order valence-corrected chi connectivity index (χ0v) is 17.7. The van der Waals surface area contributed by atoms with Gasteiger partial charge in [0.05, 0.1) is 0 Å². The van der Waals surface area contributed by atoms with E-state index in [1.165, 1.54) is 11.1 Å².